The van der Waals surface area contributed by atoms with Gasteiger partial charge in [-0.15, -0.1) is 10.2 Å². The molecule has 5 heteroatoms. The minimum absolute atomic E-state index is 0.557. The molecule has 0 spiro atoms. The van der Waals surface area contributed by atoms with Crippen molar-refractivity contribution in [3.8, 4) is 0 Å². The topological polar surface area (TPSA) is 37.8 Å². The van der Waals surface area contributed by atoms with Crippen molar-refractivity contribution in [2.75, 3.05) is 13.1 Å². The summed E-state index contributed by atoms with van der Waals surface area (Å²) in [6.45, 7) is 8.76. The summed E-state index contributed by atoms with van der Waals surface area (Å²) in [4.78, 5) is 0. The number of aromatic nitrogens is 2. The molecule has 0 bridgehead atoms. The van der Waals surface area contributed by atoms with Gasteiger partial charge >= 0.3 is 0 Å². The first kappa shape index (κ1) is 11.9. The second-order valence-electron chi connectivity index (χ2n) is 3.69. The van der Waals surface area contributed by atoms with Crippen LogP contribution in [0.4, 0.5) is 0 Å². The van der Waals surface area contributed by atoms with E-state index < -0.39 is 0 Å². The first-order valence-corrected chi connectivity index (χ1v) is 6.58. The van der Waals surface area contributed by atoms with Gasteiger partial charge in [-0.1, -0.05) is 43.9 Å². The van der Waals surface area contributed by atoms with Gasteiger partial charge in [0.15, 0.2) is 4.34 Å². The lowest BCUT2D eigenvalue weighted by Gasteiger charge is -2.11. The van der Waals surface area contributed by atoms with E-state index >= 15 is 0 Å². The van der Waals surface area contributed by atoms with Crippen LogP contribution >= 0.6 is 23.1 Å². The quantitative estimate of drug-likeness (QED) is 0.762. The SMILES string of the molecule is CC(C)CNCC(C)Sc1nncs1. The van der Waals surface area contributed by atoms with Crippen LogP contribution in [-0.2, 0) is 0 Å². The van der Waals surface area contributed by atoms with Crippen molar-refractivity contribution in [1.29, 1.82) is 0 Å². The predicted molar refractivity (Wildman–Crippen MR) is 62.9 cm³/mol. The van der Waals surface area contributed by atoms with Gasteiger partial charge in [-0.3, -0.25) is 0 Å². The van der Waals surface area contributed by atoms with Crippen LogP contribution in [0, 0.1) is 5.92 Å². The van der Waals surface area contributed by atoms with E-state index in [0.29, 0.717) is 11.2 Å². The molecule has 0 aromatic carbocycles. The summed E-state index contributed by atoms with van der Waals surface area (Å²) < 4.78 is 1.06. The average Bonchev–Trinajstić information content (AvgIpc) is 2.56. The smallest absolute Gasteiger partial charge is 0.174 e. The predicted octanol–water partition coefficient (Wildman–Crippen LogP) is 2.26. The molecule has 0 aliphatic rings. The standard InChI is InChI=1S/C9H17N3S2/c1-7(2)4-10-5-8(3)14-9-12-11-6-13-9/h6-8,10H,4-5H2,1-3H3. The lowest BCUT2D eigenvalue weighted by Crippen LogP contribution is -2.26. The summed E-state index contributed by atoms with van der Waals surface area (Å²) in [6, 6.07) is 0. The Hall–Kier alpha value is -0.130. The van der Waals surface area contributed by atoms with Crippen LogP contribution in [0.5, 0.6) is 0 Å². The molecule has 0 saturated carbocycles. The molecule has 1 N–H and O–H groups in total. The van der Waals surface area contributed by atoms with Crippen LogP contribution in [0.15, 0.2) is 9.85 Å². The third-order valence-corrected chi connectivity index (χ3v) is 3.54. The van der Waals surface area contributed by atoms with Crippen LogP contribution in [0.1, 0.15) is 20.8 Å². The van der Waals surface area contributed by atoms with Gasteiger partial charge in [0.05, 0.1) is 0 Å². The maximum absolute atomic E-state index is 4.00. The van der Waals surface area contributed by atoms with E-state index in [9.17, 15) is 0 Å². The van der Waals surface area contributed by atoms with Gasteiger partial charge < -0.3 is 5.32 Å². The van der Waals surface area contributed by atoms with E-state index in [2.05, 4.69) is 36.3 Å². The van der Waals surface area contributed by atoms with Gasteiger partial charge in [-0.25, -0.2) is 0 Å². The molecule has 1 aromatic rings. The van der Waals surface area contributed by atoms with Crippen molar-refractivity contribution in [2.45, 2.75) is 30.4 Å². The average molecular weight is 231 g/mol. The molecule has 0 amide bonds. The zero-order chi connectivity index (χ0) is 10.4. The summed E-state index contributed by atoms with van der Waals surface area (Å²) >= 11 is 3.39. The molecule has 1 aromatic heterocycles. The van der Waals surface area contributed by atoms with Crippen molar-refractivity contribution in [2.24, 2.45) is 5.92 Å². The Kier molecular flexibility index (Phi) is 5.44. The Balaban J connectivity index is 2.13. The highest BCUT2D eigenvalue weighted by atomic mass is 32.2. The van der Waals surface area contributed by atoms with Crippen LogP contribution in [0.2, 0.25) is 0 Å². The van der Waals surface area contributed by atoms with Gasteiger partial charge in [0.2, 0.25) is 0 Å². The highest BCUT2D eigenvalue weighted by Crippen LogP contribution is 2.23. The molecule has 14 heavy (non-hydrogen) atoms. The maximum Gasteiger partial charge on any atom is 0.174 e. The molecule has 0 aliphatic carbocycles. The summed E-state index contributed by atoms with van der Waals surface area (Å²) in [6.07, 6.45) is 0. The number of nitrogens with zero attached hydrogens (tertiary/aromatic N) is 2. The molecule has 0 aliphatic heterocycles. The first-order chi connectivity index (χ1) is 6.68. The van der Waals surface area contributed by atoms with E-state index in [1.165, 1.54) is 0 Å². The van der Waals surface area contributed by atoms with Crippen molar-refractivity contribution in [3.63, 3.8) is 0 Å². The van der Waals surface area contributed by atoms with Crippen molar-refractivity contribution < 1.29 is 0 Å². The molecule has 0 radical (unpaired) electrons. The monoisotopic (exact) mass is 231 g/mol. The second-order valence-corrected chi connectivity index (χ2v) is 6.20. The van der Waals surface area contributed by atoms with Crippen molar-refractivity contribution in [3.05, 3.63) is 5.51 Å². The Labute approximate surface area is 93.7 Å². The normalized spacial score (nSPS) is 13.4. The lowest BCUT2D eigenvalue weighted by molar-refractivity contribution is 0.554. The molecular formula is C9H17N3S2. The van der Waals surface area contributed by atoms with Gasteiger partial charge in [0.25, 0.3) is 0 Å². The third-order valence-electron chi connectivity index (χ3n) is 1.63. The zero-order valence-electron chi connectivity index (χ0n) is 8.86. The van der Waals surface area contributed by atoms with Crippen LogP contribution in [-0.4, -0.2) is 28.5 Å². The fourth-order valence-electron chi connectivity index (χ4n) is 1.00. The van der Waals surface area contributed by atoms with Crippen LogP contribution < -0.4 is 5.32 Å². The minimum Gasteiger partial charge on any atom is -0.315 e. The number of thioether (sulfide) groups is 1. The van der Waals surface area contributed by atoms with Crippen LogP contribution in [0.3, 0.4) is 0 Å². The third kappa shape index (κ3) is 4.93. The highest BCUT2D eigenvalue weighted by molar-refractivity contribution is 8.01. The van der Waals surface area contributed by atoms with E-state index in [1.807, 2.05) is 0 Å². The second kappa shape index (κ2) is 6.37. The fraction of sp³-hybridized carbons (Fsp3) is 0.778. The molecule has 1 heterocycles. The van der Waals surface area contributed by atoms with Crippen molar-refractivity contribution >= 4 is 23.1 Å². The number of hydrogen-bond acceptors (Lipinski definition) is 5. The molecule has 3 nitrogen and oxygen atoms in total. The van der Waals surface area contributed by atoms with E-state index in [4.69, 9.17) is 0 Å². The fourth-order valence-corrected chi connectivity index (χ4v) is 2.77. The Morgan fingerprint density at radius 1 is 1.43 bits per heavy atom. The number of nitrogens with one attached hydrogen (secondary N) is 1. The molecule has 80 valence electrons. The van der Waals surface area contributed by atoms with Crippen molar-refractivity contribution in [1.82, 2.24) is 15.5 Å². The molecule has 1 atom stereocenters. The Morgan fingerprint density at radius 3 is 2.79 bits per heavy atom. The summed E-state index contributed by atoms with van der Waals surface area (Å²) in [5.74, 6) is 0.716. The molecule has 0 fully saturated rings. The van der Waals surface area contributed by atoms with Gasteiger partial charge in [0, 0.05) is 11.8 Å². The molecule has 0 saturated heterocycles. The van der Waals surface area contributed by atoms with E-state index in [0.717, 1.165) is 17.4 Å². The first-order valence-electron chi connectivity index (χ1n) is 4.82. The lowest BCUT2D eigenvalue weighted by atomic mass is 10.2. The number of rotatable bonds is 6. The Bertz CT molecular complexity index is 236. The van der Waals surface area contributed by atoms with Crippen LogP contribution in [0.25, 0.3) is 0 Å². The minimum atomic E-state index is 0.557. The summed E-state index contributed by atoms with van der Waals surface area (Å²) in [7, 11) is 0. The molecular weight excluding hydrogens is 214 g/mol. The van der Waals surface area contributed by atoms with Gasteiger partial charge in [-0.05, 0) is 12.5 Å². The number of hydrogen-bond donors (Lipinski definition) is 1. The van der Waals surface area contributed by atoms with E-state index in [-0.39, 0.29) is 0 Å². The maximum atomic E-state index is 4.00. The molecule has 1 unspecified atom stereocenters. The van der Waals surface area contributed by atoms with Gasteiger partial charge in [0.1, 0.15) is 5.51 Å². The zero-order valence-corrected chi connectivity index (χ0v) is 10.5. The van der Waals surface area contributed by atoms with Gasteiger partial charge in [-0.2, -0.15) is 0 Å². The molecule has 1 rings (SSSR count). The van der Waals surface area contributed by atoms with E-state index in [1.54, 1.807) is 28.6 Å². The summed E-state index contributed by atoms with van der Waals surface area (Å²) in [5, 5.41) is 11.8. The Morgan fingerprint density at radius 2 is 2.21 bits per heavy atom. The summed E-state index contributed by atoms with van der Waals surface area (Å²) in [5.41, 5.74) is 1.77. The largest absolute Gasteiger partial charge is 0.315 e. The highest BCUT2D eigenvalue weighted by Gasteiger charge is 2.06.